The molecule has 80 valence electrons. The minimum absolute atomic E-state index is 0.657. The van der Waals surface area contributed by atoms with Gasteiger partial charge in [0.25, 0.3) is 0 Å². The molecule has 0 aliphatic rings. The van der Waals surface area contributed by atoms with Crippen molar-refractivity contribution in [2.24, 2.45) is 11.8 Å². The Morgan fingerprint density at radius 3 is 1.85 bits per heavy atom. The zero-order valence-electron chi connectivity index (χ0n) is 9.75. The minimum atomic E-state index is 0.657. The first kappa shape index (κ1) is 13.3. The summed E-state index contributed by atoms with van der Waals surface area (Å²) in [6, 6.07) is 0.657. The average molecular weight is 203 g/mol. The Bertz CT molecular complexity index is 123. The lowest BCUT2D eigenvalue weighted by Crippen LogP contribution is -2.37. The van der Waals surface area contributed by atoms with Crippen LogP contribution < -0.4 is 0 Å². The first-order chi connectivity index (χ1) is 5.97. The zero-order valence-corrected chi connectivity index (χ0v) is 10.6. The third-order valence-electron chi connectivity index (χ3n) is 2.19. The van der Waals surface area contributed by atoms with Crippen molar-refractivity contribution < 1.29 is 0 Å². The van der Waals surface area contributed by atoms with Crippen molar-refractivity contribution in [3.05, 3.63) is 0 Å². The molecule has 1 nitrogen and oxygen atoms in total. The van der Waals surface area contributed by atoms with E-state index in [9.17, 15) is 0 Å². The largest absolute Gasteiger partial charge is 0.300 e. The predicted molar refractivity (Wildman–Crippen MR) is 64.6 cm³/mol. The quantitative estimate of drug-likeness (QED) is 0.650. The molecule has 0 rings (SSSR count). The highest BCUT2D eigenvalue weighted by Crippen LogP contribution is 2.08. The molecule has 0 fully saturated rings. The predicted octanol–water partition coefficient (Wildman–Crippen LogP) is 2.92. The molecule has 0 aromatic heterocycles. The lowest BCUT2D eigenvalue weighted by molar-refractivity contribution is 0.178. The summed E-state index contributed by atoms with van der Waals surface area (Å²) in [6.07, 6.45) is 0. The van der Waals surface area contributed by atoms with E-state index >= 15 is 0 Å². The molecular formula is C11H25NS. The molecule has 0 radical (unpaired) electrons. The van der Waals surface area contributed by atoms with Gasteiger partial charge in [-0.25, -0.2) is 0 Å². The minimum Gasteiger partial charge on any atom is -0.300 e. The number of hydrogen-bond acceptors (Lipinski definition) is 2. The van der Waals surface area contributed by atoms with E-state index in [1.165, 1.54) is 13.1 Å². The number of thiol groups is 1. The van der Waals surface area contributed by atoms with Crippen LogP contribution in [0.4, 0.5) is 0 Å². The van der Waals surface area contributed by atoms with Gasteiger partial charge in [-0.15, -0.1) is 0 Å². The fraction of sp³-hybridized carbons (Fsp3) is 1.00. The van der Waals surface area contributed by atoms with Gasteiger partial charge in [0, 0.05) is 19.1 Å². The van der Waals surface area contributed by atoms with Crippen molar-refractivity contribution in [3.63, 3.8) is 0 Å². The Kier molecular flexibility index (Phi) is 6.88. The van der Waals surface area contributed by atoms with E-state index in [1.54, 1.807) is 0 Å². The lowest BCUT2D eigenvalue weighted by atomic mass is 10.1. The molecule has 0 heterocycles. The van der Waals surface area contributed by atoms with Gasteiger partial charge in [-0.1, -0.05) is 20.8 Å². The Labute approximate surface area is 89.3 Å². The molecule has 1 unspecified atom stereocenters. The van der Waals surface area contributed by atoms with Gasteiger partial charge in [0.2, 0.25) is 0 Å². The molecule has 13 heavy (non-hydrogen) atoms. The fourth-order valence-electron chi connectivity index (χ4n) is 1.42. The smallest absolute Gasteiger partial charge is 0.00388 e. The van der Waals surface area contributed by atoms with E-state index in [0.29, 0.717) is 12.0 Å². The summed E-state index contributed by atoms with van der Waals surface area (Å²) in [5.74, 6) is 2.44. The molecule has 0 aliphatic heterocycles. The summed E-state index contributed by atoms with van der Waals surface area (Å²) < 4.78 is 0. The zero-order chi connectivity index (χ0) is 10.4. The van der Waals surface area contributed by atoms with Crippen LogP contribution in [0.2, 0.25) is 0 Å². The van der Waals surface area contributed by atoms with Crippen LogP contribution in [0.15, 0.2) is 0 Å². The summed E-state index contributed by atoms with van der Waals surface area (Å²) >= 11 is 4.32. The first-order valence-electron chi connectivity index (χ1n) is 5.32. The normalized spacial score (nSPS) is 14.5. The van der Waals surface area contributed by atoms with Crippen molar-refractivity contribution in [3.8, 4) is 0 Å². The Balaban J connectivity index is 3.94. The average Bonchev–Trinajstić information content (AvgIpc) is 2.02. The van der Waals surface area contributed by atoms with Gasteiger partial charge in [-0.3, -0.25) is 0 Å². The van der Waals surface area contributed by atoms with Gasteiger partial charge in [-0.2, -0.15) is 12.6 Å². The number of rotatable bonds is 6. The topological polar surface area (TPSA) is 3.24 Å². The maximum absolute atomic E-state index is 4.32. The van der Waals surface area contributed by atoms with Gasteiger partial charge in [0.15, 0.2) is 0 Å². The Hall–Kier alpha value is 0.310. The van der Waals surface area contributed by atoms with Gasteiger partial charge < -0.3 is 4.90 Å². The fourth-order valence-corrected chi connectivity index (χ4v) is 1.54. The summed E-state index contributed by atoms with van der Waals surface area (Å²) in [5, 5.41) is 0. The molecule has 0 N–H and O–H groups in total. The van der Waals surface area contributed by atoms with Crippen LogP contribution >= 0.6 is 12.6 Å². The summed E-state index contributed by atoms with van der Waals surface area (Å²) in [6.45, 7) is 13.8. The molecule has 0 saturated heterocycles. The maximum Gasteiger partial charge on any atom is 0.00388 e. The van der Waals surface area contributed by atoms with Crippen LogP contribution in [0.5, 0.6) is 0 Å². The molecule has 0 aromatic carbocycles. The van der Waals surface area contributed by atoms with E-state index < -0.39 is 0 Å². The van der Waals surface area contributed by atoms with Crippen LogP contribution in [0.1, 0.15) is 34.6 Å². The highest BCUT2D eigenvalue weighted by molar-refractivity contribution is 7.80. The van der Waals surface area contributed by atoms with E-state index in [1.807, 2.05) is 0 Å². The summed E-state index contributed by atoms with van der Waals surface area (Å²) in [5.41, 5.74) is 0. The molecular weight excluding hydrogens is 178 g/mol. The van der Waals surface area contributed by atoms with Crippen LogP contribution in [0.3, 0.4) is 0 Å². The molecule has 0 aliphatic carbocycles. The third-order valence-corrected chi connectivity index (χ3v) is 2.81. The van der Waals surface area contributed by atoms with Crippen LogP contribution in [-0.2, 0) is 0 Å². The van der Waals surface area contributed by atoms with Crippen LogP contribution in [-0.4, -0.2) is 29.8 Å². The SMILES string of the molecule is CC(C)CN(CC(C)CS)C(C)C. The number of hydrogen-bond donors (Lipinski definition) is 1. The van der Waals surface area contributed by atoms with Gasteiger partial charge in [0.05, 0.1) is 0 Å². The molecule has 0 amide bonds. The second-order valence-corrected chi connectivity index (χ2v) is 5.09. The lowest BCUT2D eigenvalue weighted by Gasteiger charge is -2.30. The molecule has 0 spiro atoms. The van der Waals surface area contributed by atoms with Crippen molar-refractivity contribution in [2.45, 2.75) is 40.7 Å². The van der Waals surface area contributed by atoms with E-state index in [2.05, 4.69) is 52.1 Å². The summed E-state index contributed by atoms with van der Waals surface area (Å²) in [4.78, 5) is 2.55. The molecule has 0 aromatic rings. The molecule has 1 atom stereocenters. The van der Waals surface area contributed by atoms with Crippen molar-refractivity contribution in [1.29, 1.82) is 0 Å². The standard InChI is InChI=1S/C11H25NS/c1-9(2)6-12(10(3)4)7-11(5)8-13/h9-11,13H,6-8H2,1-5H3. The summed E-state index contributed by atoms with van der Waals surface area (Å²) in [7, 11) is 0. The van der Waals surface area contributed by atoms with Gasteiger partial charge in [0.1, 0.15) is 0 Å². The highest BCUT2D eigenvalue weighted by Gasteiger charge is 2.13. The van der Waals surface area contributed by atoms with Gasteiger partial charge in [-0.05, 0) is 31.4 Å². The van der Waals surface area contributed by atoms with E-state index in [4.69, 9.17) is 0 Å². The van der Waals surface area contributed by atoms with E-state index in [0.717, 1.165) is 11.7 Å². The second kappa shape index (κ2) is 6.72. The van der Waals surface area contributed by atoms with Crippen molar-refractivity contribution in [2.75, 3.05) is 18.8 Å². The maximum atomic E-state index is 4.32. The molecule has 2 heteroatoms. The number of nitrogens with zero attached hydrogens (tertiary/aromatic N) is 1. The third kappa shape index (κ3) is 6.39. The monoisotopic (exact) mass is 203 g/mol. The van der Waals surface area contributed by atoms with E-state index in [-0.39, 0.29) is 0 Å². The Morgan fingerprint density at radius 1 is 1.00 bits per heavy atom. The van der Waals surface area contributed by atoms with Crippen LogP contribution in [0, 0.1) is 11.8 Å². The molecule has 0 bridgehead atoms. The van der Waals surface area contributed by atoms with Crippen molar-refractivity contribution in [1.82, 2.24) is 4.90 Å². The molecule has 0 saturated carbocycles. The van der Waals surface area contributed by atoms with Gasteiger partial charge >= 0.3 is 0 Å². The Morgan fingerprint density at radius 2 is 1.54 bits per heavy atom. The highest BCUT2D eigenvalue weighted by atomic mass is 32.1. The second-order valence-electron chi connectivity index (χ2n) is 4.73. The van der Waals surface area contributed by atoms with Crippen molar-refractivity contribution >= 4 is 12.6 Å². The first-order valence-corrected chi connectivity index (χ1v) is 5.95. The van der Waals surface area contributed by atoms with Crippen LogP contribution in [0.25, 0.3) is 0 Å².